The number of thiophene rings is 1. The van der Waals surface area contributed by atoms with Crippen molar-refractivity contribution in [3.63, 3.8) is 0 Å². The third-order valence-corrected chi connectivity index (χ3v) is 5.42. The summed E-state index contributed by atoms with van der Waals surface area (Å²) in [5, 5.41) is 17.1. The minimum absolute atomic E-state index is 0.188. The first-order chi connectivity index (χ1) is 12.5. The van der Waals surface area contributed by atoms with Gasteiger partial charge < -0.3 is 20.1 Å². The molecule has 1 unspecified atom stereocenters. The van der Waals surface area contributed by atoms with Crippen LogP contribution < -0.4 is 10.6 Å². The highest BCUT2D eigenvalue weighted by Gasteiger charge is 2.23. The molecule has 2 aromatic heterocycles. The molecule has 140 valence electrons. The number of aliphatic imine (C=N–C) groups is 1. The third-order valence-electron chi connectivity index (χ3n) is 4.54. The lowest BCUT2D eigenvalue weighted by Gasteiger charge is -2.31. The van der Waals surface area contributed by atoms with E-state index in [0.717, 1.165) is 24.0 Å². The molecule has 1 amide bonds. The first-order valence-electron chi connectivity index (χ1n) is 8.69. The topological polar surface area (TPSA) is 87.4 Å². The Kier molecular flexibility index (Phi) is 5.87. The van der Waals surface area contributed by atoms with E-state index in [2.05, 4.69) is 37.3 Å². The minimum Gasteiger partial charge on any atom is -0.352 e. The van der Waals surface area contributed by atoms with Gasteiger partial charge >= 0.3 is 0 Å². The Bertz CT molecular complexity index is 768. The quantitative estimate of drug-likeness (QED) is 0.602. The lowest BCUT2D eigenvalue weighted by atomic mass is 10.1. The molecule has 26 heavy (non-hydrogen) atoms. The van der Waals surface area contributed by atoms with Crippen molar-refractivity contribution in [3.05, 3.63) is 34.0 Å². The van der Waals surface area contributed by atoms with Crippen LogP contribution in [-0.2, 0) is 24.9 Å². The van der Waals surface area contributed by atoms with Crippen LogP contribution in [0.25, 0.3) is 0 Å². The molecule has 2 N–H and O–H groups in total. The van der Waals surface area contributed by atoms with E-state index in [0.29, 0.717) is 26.1 Å². The van der Waals surface area contributed by atoms with Crippen LogP contribution in [0.2, 0.25) is 0 Å². The second kappa shape index (κ2) is 8.31. The Balaban J connectivity index is 1.67. The molecule has 0 spiro atoms. The van der Waals surface area contributed by atoms with E-state index in [4.69, 9.17) is 0 Å². The summed E-state index contributed by atoms with van der Waals surface area (Å²) in [6.07, 6.45) is 1.38. The number of amides is 1. The molecule has 1 fully saturated rings. The van der Waals surface area contributed by atoms with Crippen molar-refractivity contribution in [2.24, 2.45) is 12.0 Å². The van der Waals surface area contributed by atoms with Crippen molar-refractivity contribution >= 4 is 23.2 Å². The zero-order valence-corrected chi connectivity index (χ0v) is 16.2. The summed E-state index contributed by atoms with van der Waals surface area (Å²) in [5.74, 6) is 2.61. The van der Waals surface area contributed by atoms with Crippen LogP contribution >= 0.6 is 11.3 Å². The van der Waals surface area contributed by atoms with Crippen LogP contribution in [0, 0.1) is 6.92 Å². The molecule has 0 aliphatic carbocycles. The van der Waals surface area contributed by atoms with Gasteiger partial charge in [-0.2, -0.15) is 0 Å². The zero-order chi connectivity index (χ0) is 18.5. The zero-order valence-electron chi connectivity index (χ0n) is 15.4. The lowest BCUT2D eigenvalue weighted by Crippen LogP contribution is -2.51. The maximum atomic E-state index is 11.7. The Labute approximate surface area is 157 Å². The molecule has 1 aliphatic rings. The summed E-state index contributed by atoms with van der Waals surface area (Å²) in [5.41, 5.74) is 0. The highest BCUT2D eigenvalue weighted by atomic mass is 32.1. The molecule has 8 nitrogen and oxygen atoms in total. The fourth-order valence-electron chi connectivity index (χ4n) is 2.80. The van der Waals surface area contributed by atoms with Crippen LogP contribution in [0.3, 0.4) is 0 Å². The summed E-state index contributed by atoms with van der Waals surface area (Å²) in [6.45, 7) is 3.76. The van der Waals surface area contributed by atoms with Gasteiger partial charge in [0, 0.05) is 38.0 Å². The number of hydrogen-bond acceptors (Lipinski definition) is 5. The maximum Gasteiger partial charge on any atom is 0.222 e. The van der Waals surface area contributed by atoms with E-state index in [1.165, 1.54) is 4.88 Å². The number of carbonyl (C=O) groups excluding carboxylic acids is 1. The molecule has 2 aromatic rings. The first kappa shape index (κ1) is 18.4. The Morgan fingerprint density at radius 3 is 2.92 bits per heavy atom. The van der Waals surface area contributed by atoms with E-state index >= 15 is 0 Å². The van der Waals surface area contributed by atoms with Crippen LogP contribution in [-0.4, -0.2) is 51.2 Å². The number of hydrogen-bond donors (Lipinski definition) is 2. The molecule has 1 atom stereocenters. The normalized spacial score (nSPS) is 18.3. The maximum absolute atomic E-state index is 11.7. The highest BCUT2D eigenvalue weighted by Crippen LogP contribution is 2.10. The third kappa shape index (κ3) is 4.60. The monoisotopic (exact) mass is 375 g/mol. The molecule has 3 heterocycles. The van der Waals surface area contributed by atoms with Crippen molar-refractivity contribution in [1.82, 2.24) is 30.3 Å². The van der Waals surface area contributed by atoms with E-state index < -0.39 is 0 Å². The van der Waals surface area contributed by atoms with Crippen molar-refractivity contribution in [2.45, 2.75) is 38.9 Å². The number of guanidine groups is 1. The van der Waals surface area contributed by atoms with Gasteiger partial charge in [0.25, 0.3) is 0 Å². The van der Waals surface area contributed by atoms with Crippen LogP contribution in [0.1, 0.15) is 29.4 Å². The molecule has 0 radical (unpaired) electrons. The Hall–Kier alpha value is -2.42. The summed E-state index contributed by atoms with van der Waals surface area (Å²) >= 11 is 1.71. The van der Waals surface area contributed by atoms with Gasteiger partial charge in [0.15, 0.2) is 11.8 Å². The number of nitrogens with one attached hydrogen (secondary N) is 2. The van der Waals surface area contributed by atoms with E-state index in [1.807, 2.05) is 31.7 Å². The lowest BCUT2D eigenvalue weighted by molar-refractivity contribution is -0.132. The Morgan fingerprint density at radius 1 is 1.42 bits per heavy atom. The molecular formula is C17H25N7OS. The van der Waals surface area contributed by atoms with Gasteiger partial charge in [-0.1, -0.05) is 6.07 Å². The van der Waals surface area contributed by atoms with Gasteiger partial charge in [-0.15, -0.1) is 21.5 Å². The van der Waals surface area contributed by atoms with Gasteiger partial charge in [-0.3, -0.25) is 4.79 Å². The summed E-state index contributed by atoms with van der Waals surface area (Å²) in [6, 6.07) is 4.32. The molecule has 0 bridgehead atoms. The number of rotatable bonds is 5. The highest BCUT2D eigenvalue weighted by molar-refractivity contribution is 7.09. The van der Waals surface area contributed by atoms with Crippen molar-refractivity contribution in [3.8, 4) is 0 Å². The van der Waals surface area contributed by atoms with Crippen LogP contribution in [0.15, 0.2) is 22.5 Å². The number of carbonyl (C=O) groups is 1. The van der Waals surface area contributed by atoms with Crippen LogP contribution in [0.5, 0.6) is 0 Å². The Morgan fingerprint density at radius 2 is 2.27 bits per heavy atom. The standard InChI is InChI=1S/C17H25N7OS/c1-12-21-22-15(24(12)3)10-19-17(18-9-14-5-4-8-26-14)20-13-6-7-16(25)23(2)11-13/h4-5,8,13H,6-7,9-11H2,1-3H3,(H2,18,19,20). The van der Waals surface area contributed by atoms with Gasteiger partial charge in [0.2, 0.25) is 5.91 Å². The second-order valence-electron chi connectivity index (χ2n) is 6.47. The smallest absolute Gasteiger partial charge is 0.222 e. The second-order valence-corrected chi connectivity index (χ2v) is 7.51. The van der Waals surface area contributed by atoms with Gasteiger partial charge in [-0.05, 0) is 24.8 Å². The van der Waals surface area contributed by atoms with Gasteiger partial charge in [0.05, 0.1) is 6.54 Å². The SMILES string of the molecule is Cc1nnc(CN=C(NCc2cccs2)NC2CCC(=O)N(C)C2)n1C. The summed E-state index contributed by atoms with van der Waals surface area (Å²) in [7, 11) is 3.78. The number of likely N-dealkylation sites (N-methyl/N-ethyl adjacent to an activating group) is 1. The van der Waals surface area contributed by atoms with Crippen molar-refractivity contribution < 1.29 is 4.79 Å². The molecule has 1 aliphatic heterocycles. The average molecular weight is 376 g/mol. The molecule has 3 rings (SSSR count). The van der Waals surface area contributed by atoms with Gasteiger partial charge in [-0.25, -0.2) is 4.99 Å². The summed E-state index contributed by atoms with van der Waals surface area (Å²) < 4.78 is 1.94. The fraction of sp³-hybridized carbons (Fsp3) is 0.529. The largest absolute Gasteiger partial charge is 0.352 e. The molecule has 0 aromatic carbocycles. The predicted octanol–water partition coefficient (Wildman–Crippen LogP) is 1.04. The first-order valence-corrected chi connectivity index (χ1v) is 9.57. The number of aryl methyl sites for hydroxylation is 1. The molecule has 1 saturated heterocycles. The number of aromatic nitrogens is 3. The summed E-state index contributed by atoms with van der Waals surface area (Å²) in [4.78, 5) is 19.4. The molecule has 9 heteroatoms. The number of nitrogens with zero attached hydrogens (tertiary/aromatic N) is 5. The van der Waals surface area contributed by atoms with Crippen molar-refractivity contribution in [2.75, 3.05) is 13.6 Å². The number of likely N-dealkylation sites (tertiary alicyclic amines) is 1. The fourth-order valence-corrected chi connectivity index (χ4v) is 3.44. The van der Waals surface area contributed by atoms with Crippen LogP contribution in [0.4, 0.5) is 0 Å². The number of piperidine rings is 1. The predicted molar refractivity (Wildman–Crippen MR) is 102 cm³/mol. The van der Waals surface area contributed by atoms with Crippen molar-refractivity contribution in [1.29, 1.82) is 0 Å². The molecule has 0 saturated carbocycles. The minimum atomic E-state index is 0.188. The van der Waals surface area contributed by atoms with E-state index in [9.17, 15) is 4.79 Å². The van der Waals surface area contributed by atoms with Gasteiger partial charge in [0.1, 0.15) is 12.4 Å². The van der Waals surface area contributed by atoms with E-state index in [-0.39, 0.29) is 11.9 Å². The molecular weight excluding hydrogens is 350 g/mol. The average Bonchev–Trinajstić information content (AvgIpc) is 3.25. The van der Waals surface area contributed by atoms with E-state index in [1.54, 1.807) is 16.2 Å².